The predicted octanol–water partition coefficient (Wildman–Crippen LogP) is 2.19. The topological polar surface area (TPSA) is 42.0 Å². The maximum atomic E-state index is 11.5. The lowest BCUT2D eigenvalue weighted by Crippen LogP contribution is -2.04. The molecule has 3 heteroatoms. The fourth-order valence-electron chi connectivity index (χ4n) is 1.21. The van der Waals surface area contributed by atoms with Gasteiger partial charge in [0.25, 0.3) is 0 Å². The summed E-state index contributed by atoms with van der Waals surface area (Å²) in [5.74, 6) is 0.667. The van der Waals surface area contributed by atoms with E-state index in [2.05, 4.69) is 10.3 Å². The van der Waals surface area contributed by atoms with Gasteiger partial charge in [-0.2, -0.15) is 0 Å². The number of anilines is 2. The van der Waals surface area contributed by atoms with Gasteiger partial charge in [-0.15, -0.1) is 0 Å². The molecule has 1 heterocycles. The van der Waals surface area contributed by atoms with Crippen LogP contribution in [0.15, 0.2) is 59.5 Å². The fraction of sp³-hybridized carbons (Fsp3) is 0. The van der Waals surface area contributed by atoms with E-state index in [0.717, 1.165) is 0 Å². The van der Waals surface area contributed by atoms with E-state index in [9.17, 15) is 4.79 Å². The van der Waals surface area contributed by atoms with Crippen LogP contribution < -0.4 is 10.7 Å². The average Bonchev–Trinajstić information content (AvgIpc) is 2.46. The van der Waals surface area contributed by atoms with Crippen LogP contribution >= 0.6 is 0 Å². The fourth-order valence-corrected chi connectivity index (χ4v) is 1.21. The predicted molar refractivity (Wildman–Crippen MR) is 60.2 cm³/mol. The largest absolute Gasteiger partial charge is 0.337 e. The summed E-state index contributed by atoms with van der Waals surface area (Å²) in [6.45, 7) is 0. The molecule has 74 valence electrons. The first kappa shape index (κ1) is 9.40. The Morgan fingerprint density at radius 2 is 1.73 bits per heavy atom. The number of nitrogens with one attached hydrogen (secondary N) is 1. The van der Waals surface area contributed by atoms with Crippen LogP contribution in [0.2, 0.25) is 0 Å². The molecule has 0 radical (unpaired) electrons. The zero-order valence-electron chi connectivity index (χ0n) is 8.05. The maximum Gasteiger partial charge on any atom is 0.202 e. The number of aromatic nitrogens is 1. The van der Waals surface area contributed by atoms with E-state index in [1.807, 2.05) is 30.3 Å². The number of pyridine rings is 1. The molecule has 0 amide bonds. The minimum absolute atomic E-state index is 0.0503. The quantitative estimate of drug-likeness (QED) is 0.804. The Morgan fingerprint density at radius 1 is 0.933 bits per heavy atom. The van der Waals surface area contributed by atoms with Gasteiger partial charge in [0.05, 0.1) is 5.69 Å². The van der Waals surface area contributed by atoms with Crippen LogP contribution in [0.3, 0.4) is 0 Å². The molecule has 0 aliphatic rings. The summed E-state index contributed by atoms with van der Waals surface area (Å²) in [5.41, 5.74) is 0.476. The van der Waals surface area contributed by atoms with Crippen molar-refractivity contribution in [3.8, 4) is 0 Å². The Balaban J connectivity index is 2.34. The Morgan fingerprint density at radius 3 is 2.53 bits per heavy atom. The first-order valence-electron chi connectivity index (χ1n) is 4.64. The molecule has 0 atom stereocenters. The molecule has 0 aliphatic heterocycles. The highest BCUT2D eigenvalue weighted by Gasteiger charge is 1.96. The number of hydrogen-bond donors (Lipinski definition) is 1. The van der Waals surface area contributed by atoms with Gasteiger partial charge >= 0.3 is 0 Å². The summed E-state index contributed by atoms with van der Waals surface area (Å²) < 4.78 is 0. The average molecular weight is 198 g/mol. The van der Waals surface area contributed by atoms with E-state index < -0.39 is 0 Å². The molecule has 0 unspecified atom stereocenters. The monoisotopic (exact) mass is 198 g/mol. The summed E-state index contributed by atoms with van der Waals surface area (Å²) in [6, 6.07) is 14.1. The van der Waals surface area contributed by atoms with Gasteiger partial charge in [0, 0.05) is 6.20 Å². The van der Waals surface area contributed by atoms with Gasteiger partial charge in [0.1, 0.15) is 5.82 Å². The Hall–Kier alpha value is -2.16. The zero-order chi connectivity index (χ0) is 10.5. The van der Waals surface area contributed by atoms with Crippen molar-refractivity contribution in [2.24, 2.45) is 0 Å². The van der Waals surface area contributed by atoms with Crippen LogP contribution in [0.4, 0.5) is 11.5 Å². The molecule has 0 bridgehead atoms. The normalized spacial score (nSPS) is 9.60. The van der Waals surface area contributed by atoms with E-state index in [-0.39, 0.29) is 5.43 Å². The van der Waals surface area contributed by atoms with Crippen molar-refractivity contribution < 1.29 is 0 Å². The van der Waals surface area contributed by atoms with Crippen molar-refractivity contribution >= 4 is 11.5 Å². The van der Waals surface area contributed by atoms with Crippen LogP contribution in [0.1, 0.15) is 0 Å². The lowest BCUT2D eigenvalue weighted by atomic mass is 10.4. The molecule has 0 saturated heterocycles. The third kappa shape index (κ3) is 2.40. The van der Waals surface area contributed by atoms with E-state index >= 15 is 0 Å². The number of hydrogen-bond acceptors (Lipinski definition) is 3. The highest BCUT2D eigenvalue weighted by atomic mass is 16.1. The van der Waals surface area contributed by atoms with Crippen molar-refractivity contribution in [1.82, 2.24) is 4.98 Å². The zero-order valence-corrected chi connectivity index (χ0v) is 8.05. The number of rotatable bonds is 2. The van der Waals surface area contributed by atoms with E-state index in [1.54, 1.807) is 18.3 Å². The molecule has 2 rings (SSSR count). The van der Waals surface area contributed by atoms with Crippen molar-refractivity contribution in [2.75, 3.05) is 5.32 Å². The van der Waals surface area contributed by atoms with Crippen molar-refractivity contribution in [1.29, 1.82) is 0 Å². The second-order valence-electron chi connectivity index (χ2n) is 3.03. The molecule has 0 fully saturated rings. The van der Waals surface area contributed by atoms with E-state index in [1.165, 1.54) is 6.07 Å². The van der Waals surface area contributed by atoms with Gasteiger partial charge < -0.3 is 5.32 Å². The van der Waals surface area contributed by atoms with Gasteiger partial charge in [0.2, 0.25) is 5.43 Å². The smallest absolute Gasteiger partial charge is 0.202 e. The summed E-state index contributed by atoms with van der Waals surface area (Å²) in [6.07, 6.45) is 1.68. The van der Waals surface area contributed by atoms with Crippen LogP contribution in [0.25, 0.3) is 0 Å². The molecule has 0 aliphatic carbocycles. The molecule has 3 nitrogen and oxygen atoms in total. The molecular weight excluding hydrogens is 188 g/mol. The highest BCUT2D eigenvalue weighted by Crippen LogP contribution is 2.07. The molecule has 15 heavy (non-hydrogen) atoms. The van der Waals surface area contributed by atoms with Crippen molar-refractivity contribution in [3.63, 3.8) is 0 Å². The van der Waals surface area contributed by atoms with E-state index in [0.29, 0.717) is 11.5 Å². The summed E-state index contributed by atoms with van der Waals surface area (Å²) >= 11 is 0. The molecular formula is C12H10N2O. The van der Waals surface area contributed by atoms with Crippen molar-refractivity contribution in [3.05, 3.63) is 65.0 Å². The van der Waals surface area contributed by atoms with Crippen LogP contribution in [0, 0.1) is 0 Å². The summed E-state index contributed by atoms with van der Waals surface area (Å²) in [7, 11) is 0. The lowest BCUT2D eigenvalue weighted by molar-refractivity contribution is 1.31. The minimum Gasteiger partial charge on any atom is -0.337 e. The molecule has 1 N–H and O–H groups in total. The molecule has 1 aromatic carbocycles. The second-order valence-corrected chi connectivity index (χ2v) is 3.03. The van der Waals surface area contributed by atoms with Crippen LogP contribution in [0.5, 0.6) is 0 Å². The third-order valence-electron chi connectivity index (χ3n) is 1.93. The van der Waals surface area contributed by atoms with Crippen molar-refractivity contribution in [2.45, 2.75) is 0 Å². The maximum absolute atomic E-state index is 11.5. The number of nitrogens with zero attached hydrogens (tertiary/aromatic N) is 1. The molecule has 2 aromatic rings. The standard InChI is InChI=1S/C12H10N2O/c15-11-7-3-1-2-6-10(11)14-12-8-4-5-9-13-12/h1-9H,(H,13,14,15). The SMILES string of the molecule is O=c1cccccc1Nc1ccccn1. The van der Waals surface area contributed by atoms with Gasteiger partial charge in [0.15, 0.2) is 0 Å². The molecule has 0 saturated carbocycles. The lowest BCUT2D eigenvalue weighted by Gasteiger charge is -2.01. The second kappa shape index (κ2) is 4.37. The van der Waals surface area contributed by atoms with Gasteiger partial charge in [-0.05, 0) is 24.3 Å². The molecule has 0 spiro atoms. The van der Waals surface area contributed by atoms with Gasteiger partial charge in [-0.25, -0.2) is 4.98 Å². The van der Waals surface area contributed by atoms with Crippen LogP contribution in [-0.2, 0) is 0 Å². The van der Waals surface area contributed by atoms with Crippen LogP contribution in [-0.4, -0.2) is 4.98 Å². The highest BCUT2D eigenvalue weighted by molar-refractivity contribution is 5.54. The Labute approximate surface area is 87.4 Å². The van der Waals surface area contributed by atoms with E-state index in [4.69, 9.17) is 0 Å². The summed E-state index contributed by atoms with van der Waals surface area (Å²) in [5, 5.41) is 2.97. The Bertz CT molecular complexity index is 497. The van der Waals surface area contributed by atoms with Gasteiger partial charge in [-0.1, -0.05) is 24.3 Å². The minimum atomic E-state index is -0.0503. The first-order chi connectivity index (χ1) is 7.36. The third-order valence-corrected chi connectivity index (χ3v) is 1.93. The van der Waals surface area contributed by atoms with Gasteiger partial charge in [-0.3, -0.25) is 4.79 Å². The first-order valence-corrected chi connectivity index (χ1v) is 4.64. The molecule has 1 aromatic heterocycles. The summed E-state index contributed by atoms with van der Waals surface area (Å²) in [4.78, 5) is 15.6. The Kier molecular flexibility index (Phi) is 2.74.